The van der Waals surface area contributed by atoms with E-state index in [4.69, 9.17) is 4.74 Å². The standard InChI is InChI=1S/C20H24N2O4S2/c1-20(2,3)14-5-7-15(8-6-14)26-12-11-21-28(24,25)16-9-10-17-18(13-16)27-19(23)22(17)4/h5-10,13,21H,11-12H2,1-4H3. The number of fused-ring (bicyclic) bond motifs is 1. The van der Waals surface area contributed by atoms with Crippen LogP contribution in [0.15, 0.2) is 52.2 Å². The zero-order chi connectivity index (χ0) is 20.5. The number of nitrogens with one attached hydrogen (secondary N) is 1. The summed E-state index contributed by atoms with van der Waals surface area (Å²) in [6.45, 7) is 6.79. The Morgan fingerprint density at radius 2 is 1.79 bits per heavy atom. The second-order valence-electron chi connectivity index (χ2n) is 7.58. The largest absolute Gasteiger partial charge is 0.492 e. The maximum atomic E-state index is 12.5. The van der Waals surface area contributed by atoms with Crippen molar-refractivity contribution in [2.75, 3.05) is 13.2 Å². The van der Waals surface area contributed by atoms with Crippen molar-refractivity contribution < 1.29 is 13.2 Å². The average Bonchev–Trinajstić information content (AvgIpc) is 2.92. The summed E-state index contributed by atoms with van der Waals surface area (Å²) in [7, 11) is -2.00. The molecule has 8 heteroatoms. The van der Waals surface area contributed by atoms with Crippen LogP contribution in [-0.2, 0) is 22.5 Å². The van der Waals surface area contributed by atoms with E-state index >= 15 is 0 Å². The summed E-state index contributed by atoms with van der Waals surface area (Å²) in [6.07, 6.45) is 0. The highest BCUT2D eigenvalue weighted by Gasteiger charge is 2.16. The minimum absolute atomic E-state index is 0.0712. The van der Waals surface area contributed by atoms with Crippen LogP contribution < -0.4 is 14.3 Å². The molecule has 6 nitrogen and oxygen atoms in total. The number of nitrogens with zero attached hydrogens (tertiary/aromatic N) is 1. The van der Waals surface area contributed by atoms with E-state index in [1.165, 1.54) is 22.3 Å². The maximum absolute atomic E-state index is 12.5. The lowest BCUT2D eigenvalue weighted by molar-refractivity contribution is 0.322. The fourth-order valence-electron chi connectivity index (χ4n) is 2.76. The molecule has 0 unspecified atom stereocenters. The van der Waals surface area contributed by atoms with Crippen LogP contribution in [0.25, 0.3) is 10.2 Å². The summed E-state index contributed by atoms with van der Waals surface area (Å²) in [5.41, 5.74) is 2.00. The quantitative estimate of drug-likeness (QED) is 0.621. The predicted molar refractivity (Wildman–Crippen MR) is 113 cm³/mol. The molecule has 3 aromatic rings. The molecule has 0 saturated heterocycles. The number of ether oxygens (including phenoxy) is 1. The van der Waals surface area contributed by atoms with Gasteiger partial charge in [0, 0.05) is 13.6 Å². The van der Waals surface area contributed by atoms with E-state index in [2.05, 4.69) is 25.5 Å². The lowest BCUT2D eigenvalue weighted by atomic mass is 9.87. The van der Waals surface area contributed by atoms with Gasteiger partial charge < -0.3 is 9.30 Å². The number of aromatic nitrogens is 1. The molecule has 0 aliphatic carbocycles. The number of thiazole rings is 1. The van der Waals surface area contributed by atoms with Crippen LogP contribution in [0.1, 0.15) is 26.3 Å². The number of sulfonamides is 1. The fourth-order valence-corrected chi connectivity index (χ4v) is 4.79. The summed E-state index contributed by atoms with van der Waals surface area (Å²) < 4.78 is 35.3. The first kappa shape index (κ1) is 20.6. The monoisotopic (exact) mass is 420 g/mol. The molecule has 1 aromatic heterocycles. The Morgan fingerprint density at radius 3 is 2.43 bits per heavy atom. The van der Waals surface area contributed by atoms with Gasteiger partial charge in [0.05, 0.1) is 15.1 Å². The van der Waals surface area contributed by atoms with Crippen LogP contribution in [-0.4, -0.2) is 26.1 Å². The Hall–Kier alpha value is -2.16. The number of benzene rings is 2. The van der Waals surface area contributed by atoms with E-state index in [1.807, 2.05) is 24.3 Å². The number of hydrogen-bond acceptors (Lipinski definition) is 5. The van der Waals surface area contributed by atoms with Crippen molar-refractivity contribution in [2.45, 2.75) is 31.1 Å². The molecular formula is C20H24N2O4S2. The Labute approximate surface area is 168 Å². The number of rotatable bonds is 6. The molecule has 0 aliphatic heterocycles. The second-order valence-corrected chi connectivity index (χ2v) is 10.3. The molecule has 0 saturated carbocycles. The minimum Gasteiger partial charge on any atom is -0.492 e. The number of aryl methyl sites for hydroxylation is 1. The van der Waals surface area contributed by atoms with Gasteiger partial charge >= 0.3 is 4.87 Å². The van der Waals surface area contributed by atoms with E-state index in [0.29, 0.717) is 10.4 Å². The van der Waals surface area contributed by atoms with Crippen molar-refractivity contribution in [1.29, 1.82) is 0 Å². The van der Waals surface area contributed by atoms with Crippen LogP contribution >= 0.6 is 11.3 Å². The highest BCUT2D eigenvalue weighted by atomic mass is 32.2. The van der Waals surface area contributed by atoms with Crippen molar-refractivity contribution in [3.8, 4) is 5.75 Å². The lowest BCUT2D eigenvalue weighted by Gasteiger charge is -2.19. The van der Waals surface area contributed by atoms with Crippen molar-refractivity contribution in [3.63, 3.8) is 0 Å². The number of hydrogen-bond donors (Lipinski definition) is 1. The van der Waals surface area contributed by atoms with Crippen molar-refractivity contribution in [2.24, 2.45) is 7.05 Å². The third-order valence-electron chi connectivity index (χ3n) is 4.46. The fraction of sp³-hybridized carbons (Fsp3) is 0.350. The van der Waals surface area contributed by atoms with Crippen LogP contribution in [0.3, 0.4) is 0 Å². The average molecular weight is 421 g/mol. The zero-order valence-corrected chi connectivity index (χ0v) is 18.0. The third kappa shape index (κ3) is 4.45. The molecule has 1 heterocycles. The Kier molecular flexibility index (Phi) is 5.65. The van der Waals surface area contributed by atoms with E-state index in [1.54, 1.807) is 13.1 Å². The molecule has 0 radical (unpaired) electrons. The van der Waals surface area contributed by atoms with E-state index in [-0.39, 0.29) is 28.3 Å². The summed E-state index contributed by atoms with van der Waals surface area (Å²) in [4.78, 5) is 11.7. The van der Waals surface area contributed by atoms with E-state index < -0.39 is 10.0 Å². The summed E-state index contributed by atoms with van der Waals surface area (Å²) in [6, 6.07) is 12.5. The first-order valence-electron chi connectivity index (χ1n) is 8.90. The molecule has 150 valence electrons. The molecule has 1 N–H and O–H groups in total. The predicted octanol–water partition coefficient (Wildman–Crippen LogP) is 3.25. The summed E-state index contributed by atoms with van der Waals surface area (Å²) >= 11 is 1.03. The van der Waals surface area contributed by atoms with Crippen LogP contribution in [0.5, 0.6) is 5.75 Å². The van der Waals surface area contributed by atoms with E-state index in [9.17, 15) is 13.2 Å². The van der Waals surface area contributed by atoms with Crippen LogP contribution in [0, 0.1) is 0 Å². The summed E-state index contributed by atoms with van der Waals surface area (Å²) in [5, 5.41) is 0. The normalized spacial score (nSPS) is 12.4. The van der Waals surface area contributed by atoms with Crippen LogP contribution in [0.4, 0.5) is 0 Å². The second kappa shape index (κ2) is 7.69. The van der Waals surface area contributed by atoms with Gasteiger partial charge in [0.1, 0.15) is 12.4 Å². The summed E-state index contributed by atoms with van der Waals surface area (Å²) in [5.74, 6) is 0.697. The molecule has 0 atom stereocenters. The van der Waals surface area contributed by atoms with Gasteiger partial charge in [-0.15, -0.1) is 0 Å². The molecule has 0 bridgehead atoms. The Balaban J connectivity index is 1.60. The third-order valence-corrected chi connectivity index (χ3v) is 6.91. The highest BCUT2D eigenvalue weighted by molar-refractivity contribution is 7.89. The Bertz CT molecular complexity index is 1140. The van der Waals surface area contributed by atoms with Gasteiger partial charge in [-0.2, -0.15) is 0 Å². The molecular weight excluding hydrogens is 396 g/mol. The van der Waals surface area contributed by atoms with Gasteiger partial charge in [0.2, 0.25) is 10.0 Å². The van der Waals surface area contributed by atoms with Gasteiger partial charge in [-0.25, -0.2) is 13.1 Å². The first-order chi connectivity index (χ1) is 13.1. The smallest absolute Gasteiger partial charge is 0.307 e. The van der Waals surface area contributed by atoms with Gasteiger partial charge in [-0.05, 0) is 41.3 Å². The SMILES string of the molecule is Cn1c(=O)sc2cc(S(=O)(=O)NCCOc3ccc(C(C)(C)C)cc3)ccc21. The van der Waals surface area contributed by atoms with Gasteiger partial charge in [-0.1, -0.05) is 44.2 Å². The molecule has 0 amide bonds. The topological polar surface area (TPSA) is 77.4 Å². The molecule has 0 spiro atoms. The lowest BCUT2D eigenvalue weighted by Crippen LogP contribution is -2.28. The minimum atomic E-state index is -3.67. The molecule has 0 fully saturated rings. The molecule has 0 aliphatic rings. The van der Waals surface area contributed by atoms with Gasteiger partial charge in [-0.3, -0.25) is 4.79 Å². The van der Waals surface area contributed by atoms with Crippen molar-refractivity contribution in [1.82, 2.24) is 9.29 Å². The van der Waals surface area contributed by atoms with E-state index in [0.717, 1.165) is 16.9 Å². The molecule has 2 aromatic carbocycles. The molecule has 28 heavy (non-hydrogen) atoms. The highest BCUT2D eigenvalue weighted by Crippen LogP contribution is 2.24. The molecule has 3 rings (SSSR count). The zero-order valence-electron chi connectivity index (χ0n) is 16.4. The van der Waals surface area contributed by atoms with Gasteiger partial charge in [0.25, 0.3) is 0 Å². The van der Waals surface area contributed by atoms with Gasteiger partial charge in [0.15, 0.2) is 0 Å². The van der Waals surface area contributed by atoms with Crippen molar-refractivity contribution in [3.05, 3.63) is 57.7 Å². The maximum Gasteiger partial charge on any atom is 0.307 e. The first-order valence-corrected chi connectivity index (χ1v) is 11.2. The van der Waals surface area contributed by atoms with Crippen molar-refractivity contribution >= 4 is 31.6 Å². The van der Waals surface area contributed by atoms with Crippen LogP contribution in [0.2, 0.25) is 0 Å². The Morgan fingerprint density at radius 1 is 1.11 bits per heavy atom.